The number of aliphatic hydroxyl groups is 1. The zero-order valence-corrected chi connectivity index (χ0v) is 7.64. The van der Waals surface area contributed by atoms with E-state index >= 15 is 0 Å². The van der Waals surface area contributed by atoms with E-state index in [4.69, 9.17) is 0 Å². The zero-order chi connectivity index (χ0) is 8.97. The molecule has 0 radical (unpaired) electrons. The van der Waals surface area contributed by atoms with Gasteiger partial charge in [0.05, 0.1) is 6.10 Å². The number of aliphatic hydroxyl groups excluding tert-OH is 1. The van der Waals surface area contributed by atoms with Gasteiger partial charge in [-0.05, 0) is 19.8 Å². The van der Waals surface area contributed by atoms with E-state index in [1.54, 1.807) is 0 Å². The van der Waals surface area contributed by atoms with Crippen molar-refractivity contribution < 1.29 is 5.11 Å². The van der Waals surface area contributed by atoms with Crippen molar-refractivity contribution in [2.75, 3.05) is 13.1 Å². The Morgan fingerprint density at radius 1 is 1.83 bits per heavy atom. The first-order valence-electron chi connectivity index (χ1n) is 4.41. The zero-order valence-electron chi connectivity index (χ0n) is 7.64. The summed E-state index contributed by atoms with van der Waals surface area (Å²) in [6.07, 6.45) is 3.72. The van der Waals surface area contributed by atoms with E-state index in [1.165, 1.54) is 11.1 Å². The summed E-state index contributed by atoms with van der Waals surface area (Å²) in [7, 11) is 0. The number of rotatable bonds is 3. The van der Waals surface area contributed by atoms with Crippen molar-refractivity contribution in [1.82, 2.24) is 5.32 Å². The molecule has 68 valence electrons. The topological polar surface area (TPSA) is 32.3 Å². The fraction of sp³-hybridized carbons (Fsp3) is 0.600. The number of hydrogen-bond acceptors (Lipinski definition) is 2. The van der Waals surface area contributed by atoms with E-state index in [9.17, 15) is 5.11 Å². The third kappa shape index (κ3) is 3.20. The van der Waals surface area contributed by atoms with E-state index in [0.717, 1.165) is 19.4 Å². The summed E-state index contributed by atoms with van der Waals surface area (Å²) in [4.78, 5) is 0. The summed E-state index contributed by atoms with van der Waals surface area (Å²) in [5.74, 6) is 0. The van der Waals surface area contributed by atoms with Gasteiger partial charge in [-0.3, -0.25) is 0 Å². The van der Waals surface area contributed by atoms with Crippen LogP contribution in [0.15, 0.2) is 23.8 Å². The van der Waals surface area contributed by atoms with Crippen molar-refractivity contribution in [2.45, 2.75) is 25.9 Å². The minimum Gasteiger partial charge on any atom is -0.388 e. The SMILES string of the molecule is C=C(C)CCC1=CC(O)CNC1. The van der Waals surface area contributed by atoms with Crippen LogP contribution in [0.1, 0.15) is 19.8 Å². The summed E-state index contributed by atoms with van der Waals surface area (Å²) < 4.78 is 0. The van der Waals surface area contributed by atoms with Crippen LogP contribution in [-0.2, 0) is 0 Å². The molecule has 2 heteroatoms. The highest BCUT2D eigenvalue weighted by Gasteiger charge is 2.08. The van der Waals surface area contributed by atoms with E-state index < -0.39 is 0 Å². The summed E-state index contributed by atoms with van der Waals surface area (Å²) in [5, 5.41) is 12.4. The molecule has 1 heterocycles. The van der Waals surface area contributed by atoms with Crippen LogP contribution in [0.4, 0.5) is 0 Å². The van der Waals surface area contributed by atoms with Gasteiger partial charge in [0.1, 0.15) is 0 Å². The van der Waals surface area contributed by atoms with Gasteiger partial charge in [-0.1, -0.05) is 17.2 Å². The summed E-state index contributed by atoms with van der Waals surface area (Å²) in [5.41, 5.74) is 2.51. The molecule has 0 aromatic rings. The van der Waals surface area contributed by atoms with Crippen molar-refractivity contribution in [1.29, 1.82) is 0 Å². The Labute approximate surface area is 74.0 Å². The molecule has 1 unspecified atom stereocenters. The molecule has 0 amide bonds. The molecule has 1 rings (SSSR count). The third-order valence-electron chi connectivity index (χ3n) is 2.01. The van der Waals surface area contributed by atoms with Crippen molar-refractivity contribution >= 4 is 0 Å². The Balaban J connectivity index is 2.35. The Morgan fingerprint density at radius 3 is 3.17 bits per heavy atom. The van der Waals surface area contributed by atoms with Crippen LogP contribution in [0.5, 0.6) is 0 Å². The lowest BCUT2D eigenvalue weighted by Crippen LogP contribution is -2.32. The predicted molar refractivity (Wildman–Crippen MR) is 51.0 cm³/mol. The fourth-order valence-electron chi connectivity index (χ4n) is 1.32. The molecular formula is C10H17NO. The van der Waals surface area contributed by atoms with Crippen LogP contribution in [-0.4, -0.2) is 24.3 Å². The van der Waals surface area contributed by atoms with Crippen molar-refractivity contribution in [3.05, 3.63) is 23.8 Å². The second-order valence-corrected chi connectivity index (χ2v) is 3.48. The molecule has 0 aliphatic carbocycles. The Bertz CT molecular complexity index is 196. The van der Waals surface area contributed by atoms with Gasteiger partial charge in [-0.2, -0.15) is 0 Å². The molecule has 0 spiro atoms. The molecule has 2 N–H and O–H groups in total. The number of β-amino-alcohol motifs (C(OH)–C–C–N with tert-alkyl or cyclic N) is 1. The minimum absolute atomic E-state index is 0.293. The lowest BCUT2D eigenvalue weighted by atomic mass is 10.0. The Hall–Kier alpha value is -0.600. The van der Waals surface area contributed by atoms with E-state index in [0.29, 0.717) is 6.54 Å². The highest BCUT2D eigenvalue weighted by molar-refractivity contribution is 5.12. The van der Waals surface area contributed by atoms with Crippen LogP contribution < -0.4 is 5.32 Å². The minimum atomic E-state index is -0.293. The molecular weight excluding hydrogens is 150 g/mol. The first-order chi connectivity index (χ1) is 5.68. The van der Waals surface area contributed by atoms with Crippen molar-refractivity contribution in [2.24, 2.45) is 0 Å². The maximum absolute atomic E-state index is 9.28. The van der Waals surface area contributed by atoms with Crippen LogP contribution in [0.2, 0.25) is 0 Å². The quantitative estimate of drug-likeness (QED) is 0.620. The predicted octanol–water partition coefficient (Wildman–Crippen LogP) is 1.23. The first-order valence-corrected chi connectivity index (χ1v) is 4.41. The number of allylic oxidation sites excluding steroid dienone is 1. The maximum atomic E-state index is 9.28. The molecule has 1 aliphatic heterocycles. The monoisotopic (exact) mass is 167 g/mol. The second kappa shape index (κ2) is 4.43. The molecule has 0 saturated heterocycles. The largest absolute Gasteiger partial charge is 0.388 e. The van der Waals surface area contributed by atoms with E-state index in [1.807, 2.05) is 13.0 Å². The molecule has 0 saturated carbocycles. The number of nitrogens with one attached hydrogen (secondary N) is 1. The van der Waals surface area contributed by atoms with Crippen LogP contribution in [0.3, 0.4) is 0 Å². The van der Waals surface area contributed by atoms with Crippen molar-refractivity contribution in [3.63, 3.8) is 0 Å². The molecule has 1 atom stereocenters. The van der Waals surface area contributed by atoms with Gasteiger partial charge in [0.25, 0.3) is 0 Å². The normalized spacial score (nSPS) is 23.5. The second-order valence-electron chi connectivity index (χ2n) is 3.48. The standard InChI is InChI=1S/C10H17NO/c1-8(2)3-4-9-5-10(12)7-11-6-9/h5,10-12H,1,3-4,6-7H2,2H3. The highest BCUT2D eigenvalue weighted by atomic mass is 16.3. The lowest BCUT2D eigenvalue weighted by molar-refractivity contribution is 0.212. The molecule has 12 heavy (non-hydrogen) atoms. The Kier molecular flexibility index (Phi) is 3.50. The summed E-state index contributed by atoms with van der Waals surface area (Å²) in [6.45, 7) is 7.50. The molecule has 0 fully saturated rings. The maximum Gasteiger partial charge on any atom is 0.0848 e. The average Bonchev–Trinajstić information content (AvgIpc) is 2.01. The van der Waals surface area contributed by atoms with E-state index in [-0.39, 0.29) is 6.10 Å². The van der Waals surface area contributed by atoms with Gasteiger partial charge in [-0.15, -0.1) is 6.58 Å². The lowest BCUT2D eigenvalue weighted by Gasteiger charge is -2.18. The smallest absolute Gasteiger partial charge is 0.0848 e. The summed E-state index contributed by atoms with van der Waals surface area (Å²) in [6, 6.07) is 0. The average molecular weight is 167 g/mol. The van der Waals surface area contributed by atoms with Gasteiger partial charge >= 0.3 is 0 Å². The van der Waals surface area contributed by atoms with Gasteiger partial charge in [-0.25, -0.2) is 0 Å². The van der Waals surface area contributed by atoms with Gasteiger partial charge in [0.2, 0.25) is 0 Å². The van der Waals surface area contributed by atoms with Crippen molar-refractivity contribution in [3.8, 4) is 0 Å². The van der Waals surface area contributed by atoms with Crippen LogP contribution in [0, 0.1) is 0 Å². The Morgan fingerprint density at radius 2 is 2.58 bits per heavy atom. The molecule has 0 bridgehead atoms. The first kappa shape index (κ1) is 9.49. The van der Waals surface area contributed by atoms with Gasteiger partial charge in [0, 0.05) is 13.1 Å². The fourth-order valence-corrected chi connectivity index (χ4v) is 1.32. The molecule has 2 nitrogen and oxygen atoms in total. The van der Waals surface area contributed by atoms with Gasteiger partial charge < -0.3 is 10.4 Å². The third-order valence-corrected chi connectivity index (χ3v) is 2.01. The molecule has 0 aromatic carbocycles. The summed E-state index contributed by atoms with van der Waals surface area (Å²) >= 11 is 0. The highest BCUT2D eigenvalue weighted by Crippen LogP contribution is 2.12. The van der Waals surface area contributed by atoms with Gasteiger partial charge in [0.15, 0.2) is 0 Å². The molecule has 1 aliphatic rings. The van der Waals surface area contributed by atoms with E-state index in [2.05, 4.69) is 11.9 Å². The molecule has 0 aromatic heterocycles. The van der Waals surface area contributed by atoms with Crippen LogP contribution in [0.25, 0.3) is 0 Å². The number of hydrogen-bond donors (Lipinski definition) is 2. The van der Waals surface area contributed by atoms with Crippen LogP contribution >= 0.6 is 0 Å².